The standard InChI is InChI=1S/C19H17N5O2/c1-13-4-3-5-16(10-13)12-26-17-8-6-15(7-9-17)11-20-23-18-14(2)22-24-19(25)21-18/h3-11H,2,12H2,1H3,(H,21,23,25)/b20-11+. The second kappa shape index (κ2) is 7.98. The number of carbonyl (C=O) groups excluding carboxylic acids is 1. The lowest BCUT2D eigenvalue weighted by Gasteiger charge is -2.07. The van der Waals surface area contributed by atoms with Gasteiger partial charge in [0.2, 0.25) is 0 Å². The molecule has 2 amide bonds. The fraction of sp³-hybridized carbons (Fsp3) is 0.105. The second-order valence-corrected chi connectivity index (χ2v) is 5.62. The summed E-state index contributed by atoms with van der Waals surface area (Å²) < 4.78 is 5.77. The molecule has 1 aliphatic rings. The Hall–Kier alpha value is -3.61. The van der Waals surface area contributed by atoms with Crippen molar-refractivity contribution < 1.29 is 9.53 Å². The van der Waals surface area contributed by atoms with Crippen LogP contribution in [-0.2, 0) is 6.61 Å². The molecule has 7 nitrogen and oxygen atoms in total. The van der Waals surface area contributed by atoms with E-state index in [0.717, 1.165) is 16.9 Å². The summed E-state index contributed by atoms with van der Waals surface area (Å²) >= 11 is 0. The summed E-state index contributed by atoms with van der Waals surface area (Å²) in [5.74, 6) is 0.947. The van der Waals surface area contributed by atoms with E-state index >= 15 is 0 Å². The van der Waals surface area contributed by atoms with Crippen LogP contribution in [0.5, 0.6) is 5.75 Å². The number of hydrogen-bond acceptors (Lipinski definition) is 5. The molecule has 0 aliphatic carbocycles. The van der Waals surface area contributed by atoms with Gasteiger partial charge in [-0.3, -0.25) is 5.32 Å². The minimum atomic E-state index is -0.596. The maximum atomic E-state index is 11.1. The number of carbonyl (C=O) groups is 1. The molecule has 0 radical (unpaired) electrons. The minimum absolute atomic E-state index is 0.180. The number of ether oxygens (including phenoxy) is 1. The van der Waals surface area contributed by atoms with Crippen LogP contribution in [0.4, 0.5) is 4.79 Å². The van der Waals surface area contributed by atoms with E-state index in [9.17, 15) is 4.79 Å². The first kappa shape index (κ1) is 17.2. The van der Waals surface area contributed by atoms with Gasteiger partial charge in [0, 0.05) is 0 Å². The number of nitrogens with one attached hydrogen (secondary N) is 1. The molecular formula is C19H17N5O2. The summed E-state index contributed by atoms with van der Waals surface area (Å²) in [6, 6.07) is 15.0. The van der Waals surface area contributed by atoms with E-state index in [4.69, 9.17) is 4.74 Å². The van der Waals surface area contributed by atoms with Gasteiger partial charge in [-0.25, -0.2) is 4.79 Å². The third-order valence-corrected chi connectivity index (χ3v) is 3.49. The average molecular weight is 347 g/mol. The van der Waals surface area contributed by atoms with Crippen molar-refractivity contribution in [1.29, 1.82) is 0 Å². The molecule has 0 fully saturated rings. The van der Waals surface area contributed by atoms with Gasteiger partial charge in [-0.2, -0.15) is 5.10 Å². The van der Waals surface area contributed by atoms with Crippen LogP contribution in [0.1, 0.15) is 16.7 Å². The number of azo groups is 1. The third-order valence-electron chi connectivity index (χ3n) is 3.49. The molecule has 0 unspecified atom stereocenters. The summed E-state index contributed by atoms with van der Waals surface area (Å²) in [7, 11) is 0. The van der Waals surface area contributed by atoms with E-state index in [2.05, 4.69) is 51.4 Å². The first-order valence-corrected chi connectivity index (χ1v) is 7.91. The van der Waals surface area contributed by atoms with Crippen LogP contribution in [0, 0.1) is 6.92 Å². The van der Waals surface area contributed by atoms with Crippen molar-refractivity contribution in [3.63, 3.8) is 0 Å². The summed E-state index contributed by atoms with van der Waals surface area (Å²) in [5.41, 5.74) is 3.42. The fourth-order valence-corrected chi connectivity index (χ4v) is 2.21. The Bertz CT molecular complexity index is 914. The molecule has 0 bridgehead atoms. The lowest BCUT2D eigenvalue weighted by Crippen LogP contribution is -2.31. The number of aryl methyl sites for hydroxylation is 1. The van der Waals surface area contributed by atoms with Crippen molar-refractivity contribution in [2.45, 2.75) is 13.5 Å². The Balaban J connectivity index is 1.58. The number of benzene rings is 2. The maximum absolute atomic E-state index is 11.1. The second-order valence-electron chi connectivity index (χ2n) is 5.62. The van der Waals surface area contributed by atoms with Gasteiger partial charge in [-0.15, -0.1) is 10.2 Å². The van der Waals surface area contributed by atoms with E-state index in [-0.39, 0.29) is 11.5 Å². The predicted molar refractivity (Wildman–Crippen MR) is 99.5 cm³/mol. The Kier molecular flexibility index (Phi) is 5.28. The van der Waals surface area contributed by atoms with E-state index in [1.54, 1.807) is 6.21 Å². The van der Waals surface area contributed by atoms with Crippen molar-refractivity contribution in [3.05, 3.63) is 77.5 Å². The molecule has 1 heterocycles. The van der Waals surface area contributed by atoms with Gasteiger partial charge in [0.15, 0.2) is 5.84 Å². The topological polar surface area (TPSA) is 87.8 Å². The molecule has 130 valence electrons. The zero-order chi connectivity index (χ0) is 18.4. The highest BCUT2D eigenvalue weighted by atomic mass is 16.5. The smallest absolute Gasteiger partial charge is 0.365 e. The quantitative estimate of drug-likeness (QED) is 0.654. The molecule has 2 aromatic rings. The molecule has 2 aromatic carbocycles. The SMILES string of the molecule is C=C1N=NC(=O)N/C1=N/N=C/c1ccc(OCc2cccc(C)c2)cc1. The Morgan fingerprint density at radius 2 is 2.00 bits per heavy atom. The Labute approximate surface area is 150 Å². The molecule has 1 N–H and O–H groups in total. The molecule has 0 saturated carbocycles. The lowest BCUT2D eigenvalue weighted by molar-refractivity contribution is 0.251. The largest absolute Gasteiger partial charge is 0.489 e. The number of rotatable bonds is 5. The molecule has 0 aromatic heterocycles. The van der Waals surface area contributed by atoms with Crippen molar-refractivity contribution in [1.82, 2.24) is 5.32 Å². The van der Waals surface area contributed by atoms with Crippen LogP contribution < -0.4 is 10.1 Å². The van der Waals surface area contributed by atoms with Gasteiger partial charge in [0.05, 0.1) is 6.21 Å². The summed E-state index contributed by atoms with van der Waals surface area (Å²) in [4.78, 5) is 11.1. The van der Waals surface area contributed by atoms with Crippen LogP contribution in [0.2, 0.25) is 0 Å². The van der Waals surface area contributed by atoms with Crippen molar-refractivity contribution in [3.8, 4) is 5.75 Å². The summed E-state index contributed by atoms with van der Waals surface area (Å²) in [5, 5.41) is 17.1. The van der Waals surface area contributed by atoms with Crippen molar-refractivity contribution in [2.24, 2.45) is 20.4 Å². The van der Waals surface area contributed by atoms with Gasteiger partial charge < -0.3 is 4.74 Å². The maximum Gasteiger partial charge on any atom is 0.365 e. The van der Waals surface area contributed by atoms with Crippen LogP contribution in [0.25, 0.3) is 0 Å². The van der Waals surface area contributed by atoms with Crippen molar-refractivity contribution >= 4 is 18.1 Å². The number of urea groups is 1. The van der Waals surface area contributed by atoms with Gasteiger partial charge in [0.25, 0.3) is 0 Å². The third kappa shape index (κ3) is 4.70. The van der Waals surface area contributed by atoms with E-state index < -0.39 is 6.03 Å². The van der Waals surface area contributed by atoms with Gasteiger partial charge in [-0.05, 0) is 42.3 Å². The first-order chi connectivity index (χ1) is 12.6. The highest BCUT2D eigenvalue weighted by Gasteiger charge is 2.13. The number of amides is 2. The Morgan fingerprint density at radius 3 is 2.77 bits per heavy atom. The molecule has 3 rings (SSSR count). The molecule has 1 aliphatic heterocycles. The number of hydrogen-bond donors (Lipinski definition) is 1. The highest BCUT2D eigenvalue weighted by molar-refractivity contribution is 6.08. The van der Waals surface area contributed by atoms with E-state index in [1.165, 1.54) is 5.56 Å². The zero-order valence-corrected chi connectivity index (χ0v) is 14.2. The van der Waals surface area contributed by atoms with Crippen LogP contribution in [-0.4, -0.2) is 18.1 Å². The molecule has 0 spiro atoms. The molecule has 0 saturated heterocycles. The van der Waals surface area contributed by atoms with Crippen LogP contribution in [0.15, 0.2) is 81.2 Å². The zero-order valence-electron chi connectivity index (χ0n) is 14.2. The van der Waals surface area contributed by atoms with Crippen LogP contribution >= 0.6 is 0 Å². The van der Waals surface area contributed by atoms with Gasteiger partial charge >= 0.3 is 6.03 Å². The fourth-order valence-electron chi connectivity index (χ4n) is 2.21. The van der Waals surface area contributed by atoms with Gasteiger partial charge in [0.1, 0.15) is 18.1 Å². The molecule has 7 heteroatoms. The number of amidine groups is 1. The van der Waals surface area contributed by atoms with Crippen LogP contribution in [0.3, 0.4) is 0 Å². The molecular weight excluding hydrogens is 330 g/mol. The van der Waals surface area contributed by atoms with E-state index in [0.29, 0.717) is 6.61 Å². The number of nitrogens with zero attached hydrogens (tertiary/aromatic N) is 4. The summed E-state index contributed by atoms with van der Waals surface area (Å²) in [6.07, 6.45) is 1.56. The van der Waals surface area contributed by atoms with Crippen molar-refractivity contribution in [2.75, 3.05) is 0 Å². The minimum Gasteiger partial charge on any atom is -0.489 e. The normalized spacial score (nSPS) is 15.5. The molecule has 0 atom stereocenters. The predicted octanol–water partition coefficient (Wildman–Crippen LogP) is 4.00. The molecule has 26 heavy (non-hydrogen) atoms. The van der Waals surface area contributed by atoms with E-state index in [1.807, 2.05) is 36.4 Å². The van der Waals surface area contributed by atoms with Gasteiger partial charge in [-0.1, -0.05) is 41.5 Å². The Morgan fingerprint density at radius 1 is 1.19 bits per heavy atom. The highest BCUT2D eigenvalue weighted by Crippen LogP contribution is 2.14. The monoisotopic (exact) mass is 347 g/mol. The first-order valence-electron chi connectivity index (χ1n) is 7.91. The average Bonchev–Trinajstić information content (AvgIpc) is 2.64. The summed E-state index contributed by atoms with van der Waals surface area (Å²) in [6.45, 7) is 6.19. The lowest BCUT2D eigenvalue weighted by atomic mass is 10.1.